The molecule has 0 atom stereocenters. The maximum Gasteiger partial charge on any atom is 0.359 e. The Morgan fingerprint density at radius 1 is 1.35 bits per heavy atom. The van der Waals surface area contributed by atoms with Crippen molar-refractivity contribution in [2.24, 2.45) is 0 Å². The lowest BCUT2D eigenvalue weighted by Crippen LogP contribution is -2.04. The van der Waals surface area contributed by atoms with Crippen LogP contribution in [0.5, 0.6) is 0 Å². The van der Waals surface area contributed by atoms with Gasteiger partial charge >= 0.3 is 5.97 Å². The number of methoxy groups -OCH3 is 1. The first-order chi connectivity index (χ1) is 9.70. The number of hydrogen-bond donors (Lipinski definition) is 0. The summed E-state index contributed by atoms with van der Waals surface area (Å²) >= 11 is 2.21. The highest BCUT2D eigenvalue weighted by atomic mass is 127. The van der Waals surface area contributed by atoms with E-state index in [1.165, 1.54) is 13.3 Å². The highest BCUT2D eigenvalue weighted by Crippen LogP contribution is 2.21. The number of rotatable bonds is 2. The second-order valence-corrected chi connectivity index (χ2v) is 5.25. The molecule has 0 N–H and O–H groups in total. The number of carbonyl (C=O) groups is 1. The Bertz CT molecular complexity index is 800. The zero-order chi connectivity index (χ0) is 14.1. The minimum Gasteiger partial charge on any atom is -0.464 e. The standard InChI is InChI=1S/C13H9IN4O2/c1-20-13(19)11-10-5-6-15-16-12(10)18(17-11)9-4-2-3-8(14)7-9/h2-7H,1H3. The third-order valence-electron chi connectivity index (χ3n) is 2.79. The third kappa shape index (κ3) is 2.13. The average molecular weight is 380 g/mol. The van der Waals surface area contributed by atoms with Gasteiger partial charge in [0.2, 0.25) is 0 Å². The number of esters is 1. The minimum absolute atomic E-state index is 0.233. The largest absolute Gasteiger partial charge is 0.464 e. The summed E-state index contributed by atoms with van der Waals surface area (Å²) in [6.45, 7) is 0. The van der Waals surface area contributed by atoms with E-state index < -0.39 is 5.97 Å². The van der Waals surface area contributed by atoms with Crippen molar-refractivity contribution < 1.29 is 9.53 Å². The molecule has 0 saturated carbocycles. The van der Waals surface area contributed by atoms with E-state index in [-0.39, 0.29) is 5.69 Å². The molecular weight excluding hydrogens is 371 g/mol. The first-order valence-corrected chi connectivity index (χ1v) is 6.83. The number of fused-ring (bicyclic) bond motifs is 1. The van der Waals surface area contributed by atoms with Crippen LogP contribution in [0.25, 0.3) is 16.7 Å². The van der Waals surface area contributed by atoms with Crippen molar-refractivity contribution in [3.05, 3.63) is 45.8 Å². The zero-order valence-corrected chi connectivity index (χ0v) is 12.6. The van der Waals surface area contributed by atoms with Gasteiger partial charge in [0, 0.05) is 3.57 Å². The minimum atomic E-state index is -0.493. The highest BCUT2D eigenvalue weighted by molar-refractivity contribution is 14.1. The monoisotopic (exact) mass is 380 g/mol. The topological polar surface area (TPSA) is 69.9 Å². The van der Waals surface area contributed by atoms with Gasteiger partial charge in [0.15, 0.2) is 11.3 Å². The predicted molar refractivity (Wildman–Crippen MR) is 80.7 cm³/mol. The number of carbonyl (C=O) groups excluding carboxylic acids is 1. The van der Waals surface area contributed by atoms with Crippen LogP contribution >= 0.6 is 22.6 Å². The van der Waals surface area contributed by atoms with Gasteiger partial charge in [-0.3, -0.25) is 0 Å². The van der Waals surface area contributed by atoms with E-state index >= 15 is 0 Å². The molecule has 7 heteroatoms. The van der Waals surface area contributed by atoms with Crippen molar-refractivity contribution in [1.82, 2.24) is 20.0 Å². The molecule has 0 radical (unpaired) electrons. The molecule has 6 nitrogen and oxygen atoms in total. The maximum atomic E-state index is 11.8. The van der Waals surface area contributed by atoms with Crippen LogP contribution in [-0.2, 0) is 4.74 Å². The van der Waals surface area contributed by atoms with E-state index in [0.29, 0.717) is 11.0 Å². The SMILES string of the molecule is COC(=O)c1nn(-c2cccc(I)c2)c2nnccc12. The van der Waals surface area contributed by atoms with E-state index in [4.69, 9.17) is 4.74 Å². The van der Waals surface area contributed by atoms with E-state index in [1.54, 1.807) is 10.7 Å². The molecule has 0 aliphatic carbocycles. The molecule has 3 rings (SSSR count). The van der Waals surface area contributed by atoms with E-state index in [2.05, 4.69) is 37.9 Å². The van der Waals surface area contributed by atoms with Gasteiger partial charge in [-0.05, 0) is 46.9 Å². The van der Waals surface area contributed by atoms with E-state index in [9.17, 15) is 4.79 Å². The average Bonchev–Trinajstić information content (AvgIpc) is 2.86. The van der Waals surface area contributed by atoms with Crippen LogP contribution in [0.4, 0.5) is 0 Å². The van der Waals surface area contributed by atoms with Crippen molar-refractivity contribution in [2.45, 2.75) is 0 Å². The molecule has 0 unspecified atom stereocenters. The first-order valence-electron chi connectivity index (χ1n) is 5.75. The molecule has 0 bridgehead atoms. The number of aromatic nitrogens is 4. The molecule has 1 aromatic carbocycles. The summed E-state index contributed by atoms with van der Waals surface area (Å²) in [6.07, 6.45) is 1.52. The summed E-state index contributed by atoms with van der Waals surface area (Å²) < 4.78 is 7.41. The van der Waals surface area contributed by atoms with Gasteiger partial charge in [0.25, 0.3) is 0 Å². The zero-order valence-electron chi connectivity index (χ0n) is 10.4. The van der Waals surface area contributed by atoms with Crippen molar-refractivity contribution in [1.29, 1.82) is 0 Å². The number of ether oxygens (including phenoxy) is 1. The quantitative estimate of drug-likeness (QED) is 0.504. The van der Waals surface area contributed by atoms with Gasteiger partial charge in [-0.2, -0.15) is 10.2 Å². The Balaban J connectivity index is 2.29. The highest BCUT2D eigenvalue weighted by Gasteiger charge is 2.19. The molecule has 0 saturated heterocycles. The van der Waals surface area contributed by atoms with Crippen LogP contribution < -0.4 is 0 Å². The molecule has 0 spiro atoms. The fourth-order valence-corrected chi connectivity index (χ4v) is 2.43. The molecule has 20 heavy (non-hydrogen) atoms. The molecule has 0 aliphatic rings. The molecule has 0 amide bonds. The fraction of sp³-hybridized carbons (Fsp3) is 0.0769. The molecule has 0 aliphatic heterocycles. The number of benzene rings is 1. The van der Waals surface area contributed by atoms with Gasteiger partial charge in [-0.25, -0.2) is 9.48 Å². The van der Waals surface area contributed by atoms with Gasteiger partial charge in [0.05, 0.1) is 24.4 Å². The van der Waals surface area contributed by atoms with Crippen molar-refractivity contribution in [3.63, 3.8) is 0 Å². The van der Waals surface area contributed by atoms with Gasteiger partial charge in [0.1, 0.15) is 0 Å². The Kier molecular flexibility index (Phi) is 3.35. The molecule has 2 heterocycles. The number of nitrogens with zero attached hydrogens (tertiary/aromatic N) is 4. The van der Waals surface area contributed by atoms with Crippen LogP contribution in [0, 0.1) is 3.57 Å². The van der Waals surface area contributed by atoms with Crippen LogP contribution in [0.3, 0.4) is 0 Å². The lowest BCUT2D eigenvalue weighted by Gasteiger charge is -2.02. The Morgan fingerprint density at radius 3 is 2.95 bits per heavy atom. The van der Waals surface area contributed by atoms with Crippen LogP contribution in [0.2, 0.25) is 0 Å². The number of halogens is 1. The molecule has 100 valence electrons. The molecule has 3 aromatic rings. The Hall–Kier alpha value is -2.03. The van der Waals surface area contributed by atoms with Crippen molar-refractivity contribution >= 4 is 39.6 Å². The maximum absolute atomic E-state index is 11.8. The van der Waals surface area contributed by atoms with Crippen molar-refractivity contribution in [2.75, 3.05) is 7.11 Å². The van der Waals surface area contributed by atoms with E-state index in [1.807, 2.05) is 24.3 Å². The molecular formula is C13H9IN4O2. The summed E-state index contributed by atoms with van der Waals surface area (Å²) in [6, 6.07) is 9.43. The van der Waals surface area contributed by atoms with Crippen LogP contribution in [0.15, 0.2) is 36.5 Å². The van der Waals surface area contributed by atoms with Crippen LogP contribution in [0.1, 0.15) is 10.5 Å². The Labute approximate surface area is 127 Å². The van der Waals surface area contributed by atoms with Gasteiger partial charge in [-0.1, -0.05) is 6.07 Å². The summed E-state index contributed by atoms with van der Waals surface area (Å²) in [5.41, 5.74) is 1.57. The smallest absolute Gasteiger partial charge is 0.359 e. The summed E-state index contributed by atoms with van der Waals surface area (Å²) in [4.78, 5) is 11.8. The van der Waals surface area contributed by atoms with E-state index in [0.717, 1.165) is 9.26 Å². The Morgan fingerprint density at radius 2 is 2.20 bits per heavy atom. The molecule has 2 aromatic heterocycles. The summed E-state index contributed by atoms with van der Waals surface area (Å²) in [7, 11) is 1.33. The summed E-state index contributed by atoms with van der Waals surface area (Å²) in [5.74, 6) is -0.493. The molecule has 0 fully saturated rings. The van der Waals surface area contributed by atoms with Gasteiger partial charge in [-0.15, -0.1) is 5.10 Å². The lowest BCUT2D eigenvalue weighted by atomic mass is 10.3. The number of hydrogen-bond acceptors (Lipinski definition) is 5. The second kappa shape index (κ2) is 5.16. The normalized spacial score (nSPS) is 10.7. The van der Waals surface area contributed by atoms with Gasteiger partial charge < -0.3 is 4.74 Å². The summed E-state index contributed by atoms with van der Waals surface area (Å²) in [5, 5.41) is 12.8. The lowest BCUT2D eigenvalue weighted by molar-refractivity contribution is 0.0595. The van der Waals surface area contributed by atoms with Crippen LogP contribution in [-0.4, -0.2) is 33.1 Å². The fourth-order valence-electron chi connectivity index (χ4n) is 1.90. The van der Waals surface area contributed by atoms with Crippen molar-refractivity contribution in [3.8, 4) is 5.69 Å². The first kappa shape index (κ1) is 13.0. The predicted octanol–water partition coefficient (Wildman–Crippen LogP) is 2.21. The second-order valence-electron chi connectivity index (χ2n) is 4.00. The third-order valence-corrected chi connectivity index (χ3v) is 3.46.